The lowest BCUT2D eigenvalue weighted by atomic mass is 9.95. The number of nitrogens with zero attached hydrogens (tertiary/aromatic N) is 1. The number of carbonyl (C=O) groups is 2. The van der Waals surface area contributed by atoms with E-state index in [0.29, 0.717) is 13.1 Å². The number of hydrogen-bond acceptors (Lipinski definition) is 3. The summed E-state index contributed by atoms with van der Waals surface area (Å²) in [5.74, 6) is -0.468. The van der Waals surface area contributed by atoms with Crippen LogP contribution in [0.3, 0.4) is 0 Å². The molecule has 2 N–H and O–H groups in total. The number of carbonyl (C=O) groups excluding carboxylic acids is 2. The third-order valence-electron chi connectivity index (χ3n) is 1.63. The van der Waals surface area contributed by atoms with Crippen LogP contribution in [0.4, 0.5) is 0 Å². The number of amides is 2. The first-order valence-corrected chi connectivity index (χ1v) is 4.34. The van der Waals surface area contributed by atoms with Crippen molar-refractivity contribution in [2.45, 2.75) is 20.8 Å². The summed E-state index contributed by atoms with van der Waals surface area (Å²) < 4.78 is 0. The molecule has 0 bridgehead atoms. The molecule has 0 aliphatic carbocycles. The smallest absolute Gasteiger partial charge is 0.239 e. The van der Waals surface area contributed by atoms with Crippen molar-refractivity contribution in [3.8, 4) is 6.07 Å². The monoisotopic (exact) mass is 197 g/mol. The average Bonchev–Trinajstić information content (AvgIpc) is 2.11. The molecule has 0 spiro atoms. The molecule has 0 rings (SSSR count). The molecule has 0 aromatic rings. The van der Waals surface area contributed by atoms with Crippen LogP contribution in [-0.4, -0.2) is 24.9 Å². The molecule has 0 fully saturated rings. The molecule has 78 valence electrons. The van der Waals surface area contributed by atoms with E-state index in [2.05, 4.69) is 10.6 Å². The average molecular weight is 197 g/mol. The fourth-order valence-corrected chi connectivity index (χ4v) is 0.686. The van der Waals surface area contributed by atoms with E-state index < -0.39 is 5.41 Å². The van der Waals surface area contributed by atoms with Crippen LogP contribution in [0.15, 0.2) is 0 Å². The molecule has 5 heteroatoms. The van der Waals surface area contributed by atoms with Crippen molar-refractivity contribution in [1.29, 1.82) is 5.26 Å². The van der Waals surface area contributed by atoms with E-state index >= 15 is 0 Å². The largest absolute Gasteiger partial charge is 0.355 e. The minimum absolute atomic E-state index is 0.140. The zero-order valence-corrected chi connectivity index (χ0v) is 8.68. The molecule has 5 nitrogen and oxygen atoms in total. The third-order valence-corrected chi connectivity index (χ3v) is 1.63. The van der Waals surface area contributed by atoms with E-state index in [0.717, 1.165) is 0 Å². The molecule has 0 aromatic heterocycles. The maximum Gasteiger partial charge on any atom is 0.239 e. The van der Waals surface area contributed by atoms with Crippen LogP contribution in [0.2, 0.25) is 0 Å². The molecular weight excluding hydrogens is 182 g/mol. The quantitative estimate of drug-likeness (QED) is 0.612. The van der Waals surface area contributed by atoms with Gasteiger partial charge in [-0.15, -0.1) is 0 Å². The summed E-state index contributed by atoms with van der Waals surface area (Å²) in [6, 6.07) is 1.89. The highest BCUT2D eigenvalue weighted by atomic mass is 16.2. The summed E-state index contributed by atoms with van der Waals surface area (Å²) in [7, 11) is 0. The molecule has 0 aliphatic rings. The molecule has 14 heavy (non-hydrogen) atoms. The lowest BCUT2D eigenvalue weighted by Crippen LogP contribution is -2.40. The first kappa shape index (κ1) is 12.4. The maximum absolute atomic E-state index is 11.3. The summed E-state index contributed by atoms with van der Waals surface area (Å²) in [5, 5.41) is 13.7. The highest BCUT2D eigenvalue weighted by Crippen LogP contribution is 2.11. The van der Waals surface area contributed by atoms with Gasteiger partial charge in [-0.1, -0.05) is 0 Å². The third kappa shape index (κ3) is 4.45. The van der Waals surface area contributed by atoms with Gasteiger partial charge in [0.05, 0.1) is 6.07 Å². The van der Waals surface area contributed by atoms with Crippen molar-refractivity contribution in [3.05, 3.63) is 0 Å². The molecular formula is C9H15N3O2. The van der Waals surface area contributed by atoms with Crippen LogP contribution in [0.5, 0.6) is 0 Å². The summed E-state index contributed by atoms with van der Waals surface area (Å²) >= 11 is 0. The topological polar surface area (TPSA) is 82.0 Å². The van der Waals surface area contributed by atoms with Gasteiger partial charge >= 0.3 is 0 Å². The van der Waals surface area contributed by atoms with Gasteiger partial charge in [0.2, 0.25) is 11.8 Å². The molecule has 0 saturated carbocycles. The van der Waals surface area contributed by atoms with E-state index in [1.165, 1.54) is 6.92 Å². The van der Waals surface area contributed by atoms with Gasteiger partial charge in [-0.3, -0.25) is 9.59 Å². The van der Waals surface area contributed by atoms with E-state index in [1.807, 2.05) is 6.07 Å². The Bertz CT molecular complexity index is 266. The molecule has 0 aromatic carbocycles. The van der Waals surface area contributed by atoms with Crippen molar-refractivity contribution in [2.75, 3.05) is 13.1 Å². The van der Waals surface area contributed by atoms with E-state index in [9.17, 15) is 9.59 Å². The minimum Gasteiger partial charge on any atom is -0.355 e. The predicted molar refractivity (Wildman–Crippen MR) is 51.1 cm³/mol. The Labute approximate surface area is 83.5 Å². The SMILES string of the molecule is CC(=O)NCCNC(=O)C(C)(C)C#N. The Hall–Kier alpha value is -1.57. The van der Waals surface area contributed by atoms with E-state index in [-0.39, 0.29) is 11.8 Å². The number of hydrogen-bond donors (Lipinski definition) is 2. The van der Waals surface area contributed by atoms with Gasteiger partial charge in [0, 0.05) is 20.0 Å². The second-order valence-corrected chi connectivity index (χ2v) is 3.48. The van der Waals surface area contributed by atoms with Gasteiger partial charge in [-0.05, 0) is 13.8 Å². The number of nitrogens with one attached hydrogen (secondary N) is 2. The Morgan fingerprint density at radius 2 is 1.79 bits per heavy atom. The van der Waals surface area contributed by atoms with Crippen LogP contribution in [0, 0.1) is 16.7 Å². The number of nitriles is 1. The Morgan fingerprint density at radius 3 is 2.21 bits per heavy atom. The molecule has 0 aliphatic heterocycles. The van der Waals surface area contributed by atoms with Crippen molar-refractivity contribution in [2.24, 2.45) is 5.41 Å². The second-order valence-electron chi connectivity index (χ2n) is 3.48. The molecule has 2 amide bonds. The summed E-state index contributed by atoms with van der Waals surface area (Å²) in [4.78, 5) is 21.8. The highest BCUT2D eigenvalue weighted by Gasteiger charge is 2.26. The lowest BCUT2D eigenvalue weighted by Gasteiger charge is -2.14. The summed E-state index contributed by atoms with van der Waals surface area (Å²) in [6.07, 6.45) is 0. The highest BCUT2D eigenvalue weighted by molar-refractivity contribution is 5.84. The van der Waals surface area contributed by atoms with E-state index in [1.54, 1.807) is 13.8 Å². The molecule has 0 heterocycles. The van der Waals surface area contributed by atoms with Crippen LogP contribution >= 0.6 is 0 Å². The zero-order chi connectivity index (χ0) is 11.2. The molecule has 0 radical (unpaired) electrons. The van der Waals surface area contributed by atoms with Gasteiger partial charge < -0.3 is 10.6 Å². The number of rotatable bonds is 4. The Balaban J connectivity index is 3.77. The Morgan fingerprint density at radius 1 is 1.29 bits per heavy atom. The van der Waals surface area contributed by atoms with Crippen molar-refractivity contribution < 1.29 is 9.59 Å². The summed E-state index contributed by atoms with van der Waals surface area (Å²) in [6.45, 7) is 5.20. The first-order chi connectivity index (χ1) is 6.40. The minimum atomic E-state index is -1.02. The second kappa shape index (κ2) is 5.22. The predicted octanol–water partition coefficient (Wildman–Crippen LogP) is -0.212. The maximum atomic E-state index is 11.3. The van der Waals surface area contributed by atoms with Crippen LogP contribution < -0.4 is 10.6 Å². The molecule has 0 atom stereocenters. The molecule has 0 unspecified atom stereocenters. The summed E-state index contributed by atoms with van der Waals surface area (Å²) in [5.41, 5.74) is -1.02. The Kier molecular flexibility index (Phi) is 4.64. The van der Waals surface area contributed by atoms with E-state index in [4.69, 9.17) is 5.26 Å². The lowest BCUT2D eigenvalue weighted by molar-refractivity contribution is -0.127. The van der Waals surface area contributed by atoms with Crippen LogP contribution in [-0.2, 0) is 9.59 Å². The van der Waals surface area contributed by atoms with Crippen molar-refractivity contribution >= 4 is 11.8 Å². The van der Waals surface area contributed by atoms with Gasteiger partial charge in [0.25, 0.3) is 0 Å². The van der Waals surface area contributed by atoms with Crippen molar-refractivity contribution in [1.82, 2.24) is 10.6 Å². The first-order valence-electron chi connectivity index (χ1n) is 4.34. The van der Waals surface area contributed by atoms with Gasteiger partial charge in [0.1, 0.15) is 5.41 Å². The van der Waals surface area contributed by atoms with Crippen molar-refractivity contribution in [3.63, 3.8) is 0 Å². The van der Waals surface area contributed by atoms with Crippen LogP contribution in [0.25, 0.3) is 0 Å². The molecule has 0 saturated heterocycles. The standard InChI is InChI=1S/C9H15N3O2/c1-7(13)11-4-5-12-8(14)9(2,3)6-10/h4-5H2,1-3H3,(H,11,13)(H,12,14). The van der Waals surface area contributed by atoms with Gasteiger partial charge in [-0.2, -0.15) is 5.26 Å². The fourth-order valence-electron chi connectivity index (χ4n) is 0.686. The van der Waals surface area contributed by atoms with Gasteiger partial charge in [0.15, 0.2) is 0 Å². The van der Waals surface area contributed by atoms with Gasteiger partial charge in [-0.25, -0.2) is 0 Å². The van der Waals surface area contributed by atoms with Crippen LogP contribution in [0.1, 0.15) is 20.8 Å². The fraction of sp³-hybridized carbons (Fsp3) is 0.667. The normalized spacial score (nSPS) is 10.1. The zero-order valence-electron chi connectivity index (χ0n) is 8.68.